The standard InChI is InChI=1S/C14H14ClNO3/c15-11-4-2-1-3-8(11)9-7-10(9)12(17)16-14(5-6-14)13(18)19/h1-4,9-10H,5-7H2,(H,16,17)(H,18,19)/t9-,10+/m0/s1. The summed E-state index contributed by atoms with van der Waals surface area (Å²) < 4.78 is 0. The fraction of sp³-hybridized carbons (Fsp3) is 0.429. The van der Waals surface area contributed by atoms with Gasteiger partial charge in [-0.3, -0.25) is 4.79 Å². The average Bonchev–Trinajstić information content (AvgIpc) is 3.23. The molecule has 0 unspecified atom stereocenters. The van der Waals surface area contributed by atoms with Gasteiger partial charge in [-0.05, 0) is 36.8 Å². The molecule has 2 saturated carbocycles. The second-order valence-corrected chi connectivity index (χ2v) is 5.75. The molecule has 1 aromatic rings. The predicted molar refractivity (Wildman–Crippen MR) is 70.0 cm³/mol. The molecule has 0 spiro atoms. The topological polar surface area (TPSA) is 66.4 Å². The summed E-state index contributed by atoms with van der Waals surface area (Å²) in [5.74, 6) is -1.12. The van der Waals surface area contributed by atoms with Gasteiger partial charge in [-0.25, -0.2) is 4.79 Å². The van der Waals surface area contributed by atoms with Crippen molar-refractivity contribution in [2.24, 2.45) is 5.92 Å². The van der Waals surface area contributed by atoms with E-state index in [1.807, 2.05) is 24.3 Å². The Morgan fingerprint density at radius 3 is 2.58 bits per heavy atom. The molecule has 1 amide bonds. The molecule has 0 aliphatic heterocycles. The first-order valence-corrected chi connectivity index (χ1v) is 6.71. The minimum atomic E-state index is -0.995. The van der Waals surface area contributed by atoms with Crippen molar-refractivity contribution in [3.63, 3.8) is 0 Å². The maximum absolute atomic E-state index is 12.0. The highest BCUT2D eigenvalue weighted by molar-refractivity contribution is 6.31. The summed E-state index contributed by atoms with van der Waals surface area (Å²) in [4.78, 5) is 23.1. The van der Waals surface area contributed by atoms with Gasteiger partial charge in [0.15, 0.2) is 0 Å². The fourth-order valence-electron chi connectivity index (χ4n) is 2.45. The largest absolute Gasteiger partial charge is 0.480 e. The second-order valence-electron chi connectivity index (χ2n) is 5.35. The Balaban J connectivity index is 1.66. The number of carbonyl (C=O) groups excluding carboxylic acids is 1. The van der Waals surface area contributed by atoms with Crippen LogP contribution in [-0.4, -0.2) is 22.5 Å². The molecule has 100 valence electrons. The molecule has 4 nitrogen and oxygen atoms in total. The molecule has 0 radical (unpaired) electrons. The van der Waals surface area contributed by atoms with Gasteiger partial charge in [-0.15, -0.1) is 0 Å². The van der Waals surface area contributed by atoms with Gasteiger partial charge in [-0.1, -0.05) is 29.8 Å². The Hall–Kier alpha value is -1.55. The van der Waals surface area contributed by atoms with Crippen LogP contribution >= 0.6 is 11.6 Å². The molecule has 2 aliphatic carbocycles. The SMILES string of the molecule is O=C(NC1(C(=O)O)CC1)[C@@H]1C[C@H]1c1ccccc1Cl. The lowest BCUT2D eigenvalue weighted by molar-refractivity contribution is -0.143. The van der Waals surface area contributed by atoms with E-state index in [4.69, 9.17) is 16.7 Å². The minimum Gasteiger partial charge on any atom is -0.480 e. The van der Waals surface area contributed by atoms with Crippen LogP contribution in [0, 0.1) is 5.92 Å². The lowest BCUT2D eigenvalue weighted by atomic mass is 10.1. The molecule has 2 aliphatic rings. The smallest absolute Gasteiger partial charge is 0.329 e. The summed E-state index contributed by atoms with van der Waals surface area (Å²) in [5, 5.41) is 12.4. The molecule has 2 atom stereocenters. The molecular weight excluding hydrogens is 266 g/mol. The van der Waals surface area contributed by atoms with Crippen molar-refractivity contribution < 1.29 is 14.7 Å². The summed E-state index contributed by atoms with van der Waals surface area (Å²) >= 11 is 6.10. The van der Waals surface area contributed by atoms with E-state index >= 15 is 0 Å². The molecular formula is C14H14ClNO3. The van der Waals surface area contributed by atoms with Crippen molar-refractivity contribution in [2.45, 2.75) is 30.7 Å². The molecule has 1 aromatic carbocycles. The minimum absolute atomic E-state index is 0.123. The van der Waals surface area contributed by atoms with Crippen molar-refractivity contribution in [1.82, 2.24) is 5.32 Å². The molecule has 3 rings (SSSR count). The van der Waals surface area contributed by atoms with Crippen LogP contribution in [0.15, 0.2) is 24.3 Å². The Kier molecular flexibility index (Phi) is 2.78. The Morgan fingerprint density at radius 1 is 1.32 bits per heavy atom. The first-order valence-electron chi connectivity index (χ1n) is 6.33. The van der Waals surface area contributed by atoms with Gasteiger partial charge in [0.1, 0.15) is 5.54 Å². The van der Waals surface area contributed by atoms with Gasteiger partial charge in [-0.2, -0.15) is 0 Å². The molecule has 2 N–H and O–H groups in total. The third-order valence-corrected chi connectivity index (χ3v) is 4.30. The van der Waals surface area contributed by atoms with Gasteiger partial charge in [0.25, 0.3) is 0 Å². The van der Waals surface area contributed by atoms with Crippen LogP contribution in [0.1, 0.15) is 30.7 Å². The van der Waals surface area contributed by atoms with Crippen LogP contribution in [0.25, 0.3) is 0 Å². The van der Waals surface area contributed by atoms with E-state index < -0.39 is 11.5 Å². The van der Waals surface area contributed by atoms with E-state index in [1.54, 1.807) is 0 Å². The first kappa shape index (κ1) is 12.5. The third-order valence-electron chi connectivity index (χ3n) is 3.95. The first-order chi connectivity index (χ1) is 9.03. The number of carboxylic acid groups (broad SMARTS) is 1. The lowest BCUT2D eigenvalue weighted by Gasteiger charge is -2.12. The second kappa shape index (κ2) is 4.23. The summed E-state index contributed by atoms with van der Waals surface area (Å²) in [6.45, 7) is 0. The molecule has 19 heavy (non-hydrogen) atoms. The molecule has 0 saturated heterocycles. The number of carboxylic acids is 1. The zero-order valence-corrected chi connectivity index (χ0v) is 11.0. The van der Waals surface area contributed by atoms with Crippen molar-refractivity contribution in [1.29, 1.82) is 0 Å². The van der Waals surface area contributed by atoms with Crippen molar-refractivity contribution in [3.8, 4) is 0 Å². The van der Waals surface area contributed by atoms with Gasteiger partial charge < -0.3 is 10.4 Å². The molecule has 0 heterocycles. The van der Waals surface area contributed by atoms with E-state index in [1.165, 1.54) is 0 Å². The zero-order valence-electron chi connectivity index (χ0n) is 10.2. The number of amides is 1. The van der Waals surface area contributed by atoms with Gasteiger partial charge in [0.2, 0.25) is 5.91 Å². The van der Waals surface area contributed by atoms with Gasteiger partial charge in [0.05, 0.1) is 0 Å². The van der Waals surface area contributed by atoms with Gasteiger partial charge >= 0.3 is 5.97 Å². The number of rotatable bonds is 4. The van der Waals surface area contributed by atoms with E-state index in [2.05, 4.69) is 5.32 Å². The van der Waals surface area contributed by atoms with Crippen molar-refractivity contribution >= 4 is 23.5 Å². The number of benzene rings is 1. The molecule has 5 heteroatoms. The third kappa shape index (κ3) is 2.21. The Morgan fingerprint density at radius 2 is 2.00 bits per heavy atom. The quantitative estimate of drug-likeness (QED) is 0.888. The number of nitrogens with one attached hydrogen (secondary N) is 1. The predicted octanol–water partition coefficient (Wildman–Crippen LogP) is 2.18. The highest BCUT2D eigenvalue weighted by atomic mass is 35.5. The van der Waals surface area contributed by atoms with E-state index in [0.717, 1.165) is 12.0 Å². The number of hydrogen-bond acceptors (Lipinski definition) is 2. The number of hydrogen-bond donors (Lipinski definition) is 2. The maximum atomic E-state index is 12.0. The summed E-state index contributed by atoms with van der Waals surface area (Å²) in [6, 6.07) is 7.48. The summed E-state index contributed by atoms with van der Waals surface area (Å²) in [5.41, 5.74) is -0.0190. The average molecular weight is 280 g/mol. The number of aliphatic carboxylic acids is 1. The maximum Gasteiger partial charge on any atom is 0.329 e. The van der Waals surface area contributed by atoms with E-state index in [0.29, 0.717) is 17.9 Å². The lowest BCUT2D eigenvalue weighted by Crippen LogP contribution is -2.43. The van der Waals surface area contributed by atoms with Crippen LogP contribution in [0.4, 0.5) is 0 Å². The van der Waals surface area contributed by atoms with Crippen molar-refractivity contribution in [3.05, 3.63) is 34.9 Å². The van der Waals surface area contributed by atoms with Crippen LogP contribution in [0.2, 0.25) is 5.02 Å². The number of halogens is 1. The molecule has 0 aromatic heterocycles. The Bertz CT molecular complexity index is 553. The van der Waals surface area contributed by atoms with E-state index in [9.17, 15) is 9.59 Å². The normalized spacial score (nSPS) is 26.6. The number of carbonyl (C=O) groups is 2. The van der Waals surface area contributed by atoms with Crippen molar-refractivity contribution in [2.75, 3.05) is 0 Å². The van der Waals surface area contributed by atoms with Crippen LogP contribution < -0.4 is 5.32 Å². The fourth-order valence-corrected chi connectivity index (χ4v) is 2.73. The van der Waals surface area contributed by atoms with Crippen LogP contribution in [0.3, 0.4) is 0 Å². The van der Waals surface area contributed by atoms with E-state index in [-0.39, 0.29) is 17.7 Å². The highest BCUT2D eigenvalue weighted by Crippen LogP contribution is 2.50. The summed E-state index contributed by atoms with van der Waals surface area (Å²) in [7, 11) is 0. The van der Waals surface area contributed by atoms with Gasteiger partial charge in [0, 0.05) is 10.9 Å². The molecule has 0 bridgehead atoms. The zero-order chi connectivity index (χ0) is 13.6. The van der Waals surface area contributed by atoms with Crippen LogP contribution in [0.5, 0.6) is 0 Å². The molecule has 2 fully saturated rings. The summed E-state index contributed by atoms with van der Waals surface area (Å²) in [6.07, 6.45) is 1.79. The highest BCUT2D eigenvalue weighted by Gasteiger charge is 2.55. The Labute approximate surface area is 115 Å². The van der Waals surface area contributed by atoms with Crippen LogP contribution in [-0.2, 0) is 9.59 Å². The monoisotopic (exact) mass is 279 g/mol.